The van der Waals surface area contributed by atoms with Gasteiger partial charge in [0, 0.05) is 20.9 Å². The van der Waals surface area contributed by atoms with E-state index in [2.05, 4.69) is 10.2 Å². The number of carbonyl (C=O) groups excluding carboxylic acids is 2. The number of Topliss-reactive ketones (excluding diaryl/α,β-unsaturated/α-hetero) is 2. The second-order valence-corrected chi connectivity index (χ2v) is 2.52. The Morgan fingerprint density at radius 2 is 1.42 bits per heavy atom. The summed E-state index contributed by atoms with van der Waals surface area (Å²) >= 11 is 0. The minimum absolute atomic E-state index is 0.197. The number of hydrogen-bond donors (Lipinski definition) is 0. The van der Waals surface area contributed by atoms with E-state index >= 15 is 0 Å². The van der Waals surface area contributed by atoms with Crippen LogP contribution < -0.4 is 0 Å². The number of nitrogens with zero attached hydrogens (tertiary/aromatic N) is 3. The van der Waals surface area contributed by atoms with Gasteiger partial charge in [0.05, 0.1) is 0 Å². The Kier molecular flexibility index (Phi) is 2.03. The maximum absolute atomic E-state index is 10.9. The van der Waals surface area contributed by atoms with E-state index in [-0.39, 0.29) is 23.2 Å². The van der Waals surface area contributed by atoms with E-state index in [9.17, 15) is 9.59 Å². The molecule has 0 bridgehead atoms. The normalized spacial score (nSPS) is 9.92. The standard InChI is InChI=1S/C7H9N3O2/c1-4(11)6-8-9-7(5(2)12)10(6)3/h1-3H3. The first-order chi connectivity index (χ1) is 5.54. The Morgan fingerprint density at radius 3 is 1.58 bits per heavy atom. The molecule has 0 aliphatic heterocycles. The Labute approximate surface area is 69.4 Å². The molecule has 0 aliphatic carbocycles. The Hall–Kier alpha value is -1.52. The molecule has 5 heteroatoms. The lowest BCUT2D eigenvalue weighted by atomic mass is 10.4. The minimum atomic E-state index is -0.197. The highest BCUT2D eigenvalue weighted by Crippen LogP contribution is 2.00. The fourth-order valence-electron chi connectivity index (χ4n) is 0.942. The molecule has 0 saturated heterocycles. The largest absolute Gasteiger partial charge is 0.305 e. The molecule has 0 atom stereocenters. The van der Waals surface area contributed by atoms with Gasteiger partial charge < -0.3 is 4.57 Å². The van der Waals surface area contributed by atoms with Crippen molar-refractivity contribution >= 4 is 11.6 Å². The molecule has 0 amide bonds. The zero-order chi connectivity index (χ0) is 9.30. The van der Waals surface area contributed by atoms with Crippen LogP contribution in [0.3, 0.4) is 0 Å². The third-order valence-electron chi connectivity index (χ3n) is 1.50. The van der Waals surface area contributed by atoms with Crippen molar-refractivity contribution in [3.63, 3.8) is 0 Å². The molecule has 0 unspecified atom stereocenters. The zero-order valence-electron chi connectivity index (χ0n) is 7.16. The SMILES string of the molecule is CC(=O)c1nnc(C(C)=O)n1C. The summed E-state index contributed by atoms with van der Waals surface area (Å²) in [6, 6.07) is 0. The summed E-state index contributed by atoms with van der Waals surface area (Å²) in [5.41, 5.74) is 0. The van der Waals surface area contributed by atoms with Crippen molar-refractivity contribution in [3.8, 4) is 0 Å². The molecule has 0 N–H and O–H groups in total. The number of hydrogen-bond acceptors (Lipinski definition) is 4. The highest BCUT2D eigenvalue weighted by atomic mass is 16.1. The summed E-state index contributed by atoms with van der Waals surface area (Å²) in [4.78, 5) is 21.7. The lowest BCUT2D eigenvalue weighted by Gasteiger charge is -1.96. The smallest absolute Gasteiger partial charge is 0.199 e. The van der Waals surface area contributed by atoms with Crippen molar-refractivity contribution in [2.75, 3.05) is 0 Å². The molecule has 5 nitrogen and oxygen atoms in total. The van der Waals surface area contributed by atoms with Crippen molar-refractivity contribution in [1.82, 2.24) is 14.8 Å². The molecule has 12 heavy (non-hydrogen) atoms. The van der Waals surface area contributed by atoms with Gasteiger partial charge in [0.25, 0.3) is 0 Å². The number of ketones is 2. The molecule has 1 aromatic rings. The average molecular weight is 167 g/mol. The van der Waals surface area contributed by atoms with Crippen LogP contribution in [0.15, 0.2) is 0 Å². The van der Waals surface area contributed by atoms with Gasteiger partial charge in [-0.25, -0.2) is 0 Å². The van der Waals surface area contributed by atoms with Crippen LogP contribution >= 0.6 is 0 Å². The molecular formula is C7H9N3O2. The number of aromatic nitrogens is 3. The summed E-state index contributed by atoms with van der Waals surface area (Å²) in [6.07, 6.45) is 0. The predicted octanol–water partition coefficient (Wildman–Crippen LogP) is 0.220. The van der Waals surface area contributed by atoms with Crippen LogP contribution in [0.5, 0.6) is 0 Å². The molecule has 0 saturated carbocycles. The lowest BCUT2D eigenvalue weighted by molar-refractivity contribution is 0.0998. The first-order valence-corrected chi connectivity index (χ1v) is 3.45. The fourth-order valence-corrected chi connectivity index (χ4v) is 0.942. The lowest BCUT2D eigenvalue weighted by Crippen LogP contribution is -2.08. The van der Waals surface area contributed by atoms with E-state index in [4.69, 9.17) is 0 Å². The van der Waals surface area contributed by atoms with Gasteiger partial charge in [-0.3, -0.25) is 9.59 Å². The van der Waals surface area contributed by atoms with Gasteiger partial charge in [0.2, 0.25) is 0 Å². The van der Waals surface area contributed by atoms with Crippen LogP contribution in [0.1, 0.15) is 35.1 Å². The van der Waals surface area contributed by atoms with Crippen molar-refractivity contribution in [2.45, 2.75) is 13.8 Å². The van der Waals surface area contributed by atoms with Gasteiger partial charge in [-0.2, -0.15) is 0 Å². The van der Waals surface area contributed by atoms with Gasteiger partial charge >= 0.3 is 0 Å². The van der Waals surface area contributed by atoms with E-state index in [1.165, 1.54) is 18.4 Å². The van der Waals surface area contributed by atoms with Crippen molar-refractivity contribution in [2.24, 2.45) is 7.05 Å². The van der Waals surface area contributed by atoms with Crippen LogP contribution in [0, 0.1) is 0 Å². The molecule has 1 rings (SSSR count). The highest BCUT2D eigenvalue weighted by molar-refractivity contribution is 5.94. The third kappa shape index (κ3) is 1.25. The summed E-state index contributed by atoms with van der Waals surface area (Å²) in [5, 5.41) is 7.16. The van der Waals surface area contributed by atoms with Gasteiger partial charge in [-0.1, -0.05) is 0 Å². The van der Waals surface area contributed by atoms with Crippen LogP contribution in [-0.2, 0) is 7.05 Å². The van der Waals surface area contributed by atoms with Crippen molar-refractivity contribution in [1.29, 1.82) is 0 Å². The zero-order valence-corrected chi connectivity index (χ0v) is 7.16. The Bertz CT molecular complexity index is 309. The second kappa shape index (κ2) is 2.84. The molecule has 0 fully saturated rings. The monoisotopic (exact) mass is 167 g/mol. The topological polar surface area (TPSA) is 64.8 Å². The quantitative estimate of drug-likeness (QED) is 0.591. The first kappa shape index (κ1) is 8.58. The maximum Gasteiger partial charge on any atom is 0.199 e. The van der Waals surface area contributed by atoms with Gasteiger partial charge in [-0.15, -0.1) is 10.2 Å². The van der Waals surface area contributed by atoms with E-state index in [0.717, 1.165) is 0 Å². The second-order valence-electron chi connectivity index (χ2n) is 2.52. The predicted molar refractivity (Wildman–Crippen MR) is 41.0 cm³/mol. The summed E-state index contributed by atoms with van der Waals surface area (Å²) in [6.45, 7) is 2.77. The molecule has 0 spiro atoms. The van der Waals surface area contributed by atoms with E-state index in [1.54, 1.807) is 7.05 Å². The van der Waals surface area contributed by atoms with Crippen LogP contribution in [-0.4, -0.2) is 26.3 Å². The molecule has 1 aromatic heterocycles. The minimum Gasteiger partial charge on any atom is -0.305 e. The van der Waals surface area contributed by atoms with E-state index in [1.807, 2.05) is 0 Å². The maximum atomic E-state index is 10.9. The Balaban J connectivity index is 3.22. The van der Waals surface area contributed by atoms with Crippen molar-refractivity contribution < 1.29 is 9.59 Å². The van der Waals surface area contributed by atoms with Crippen LogP contribution in [0.4, 0.5) is 0 Å². The summed E-state index contributed by atoms with van der Waals surface area (Å²) in [5.74, 6) is 0.0235. The van der Waals surface area contributed by atoms with E-state index < -0.39 is 0 Å². The summed E-state index contributed by atoms with van der Waals surface area (Å²) in [7, 11) is 1.59. The number of rotatable bonds is 2. The molecule has 0 radical (unpaired) electrons. The summed E-state index contributed by atoms with van der Waals surface area (Å²) < 4.78 is 1.39. The first-order valence-electron chi connectivity index (χ1n) is 3.45. The fraction of sp³-hybridized carbons (Fsp3) is 0.429. The number of carbonyl (C=O) groups is 2. The molecule has 64 valence electrons. The van der Waals surface area contributed by atoms with Gasteiger partial charge in [-0.05, 0) is 0 Å². The molecule has 0 aliphatic rings. The molecule has 0 aromatic carbocycles. The van der Waals surface area contributed by atoms with Gasteiger partial charge in [0.15, 0.2) is 23.2 Å². The van der Waals surface area contributed by atoms with Crippen molar-refractivity contribution in [3.05, 3.63) is 11.6 Å². The molecule has 1 heterocycles. The van der Waals surface area contributed by atoms with Gasteiger partial charge in [0.1, 0.15) is 0 Å². The molecular weight excluding hydrogens is 158 g/mol. The third-order valence-corrected chi connectivity index (χ3v) is 1.50. The van der Waals surface area contributed by atoms with Crippen LogP contribution in [0.2, 0.25) is 0 Å². The average Bonchev–Trinajstić information content (AvgIpc) is 2.30. The highest BCUT2D eigenvalue weighted by Gasteiger charge is 2.14. The van der Waals surface area contributed by atoms with E-state index in [0.29, 0.717) is 0 Å². The van der Waals surface area contributed by atoms with Crippen LogP contribution in [0.25, 0.3) is 0 Å². The Morgan fingerprint density at radius 1 is 1.08 bits per heavy atom.